The number of halogens is 1. The van der Waals surface area contributed by atoms with E-state index in [1.807, 2.05) is 0 Å². The molecule has 0 aromatic heterocycles. The lowest BCUT2D eigenvalue weighted by Gasteiger charge is -2.27. The van der Waals surface area contributed by atoms with Gasteiger partial charge in [0.05, 0.1) is 11.4 Å². The molecule has 1 N–H and O–H groups in total. The molecule has 2 fully saturated rings. The zero-order chi connectivity index (χ0) is 22.3. The Kier molecular flexibility index (Phi) is 5.13. The molecule has 31 heavy (non-hydrogen) atoms. The van der Waals surface area contributed by atoms with Gasteiger partial charge >= 0.3 is 12.1 Å². The number of nitrogens with zero attached hydrogens (tertiary/aromatic N) is 2. The van der Waals surface area contributed by atoms with Crippen molar-refractivity contribution in [1.82, 2.24) is 14.5 Å². The summed E-state index contributed by atoms with van der Waals surface area (Å²) in [7, 11) is -4.37. The minimum atomic E-state index is -4.37. The number of aryl methyl sites for hydroxylation is 1. The number of imide groups is 1. The monoisotopic (exact) mass is 447 g/mol. The fourth-order valence-electron chi connectivity index (χ4n) is 3.57. The molecule has 2 aliphatic rings. The molecule has 162 valence electrons. The van der Waals surface area contributed by atoms with Gasteiger partial charge in [-0.1, -0.05) is 29.8 Å². The molecular formula is C20H18FN3O6S. The summed E-state index contributed by atoms with van der Waals surface area (Å²) in [5, 5.41) is 2.37. The molecule has 0 spiro atoms. The first-order chi connectivity index (χ1) is 14.7. The van der Waals surface area contributed by atoms with Crippen molar-refractivity contribution in [2.75, 3.05) is 13.2 Å². The molecule has 9 nitrogen and oxygen atoms in total. The van der Waals surface area contributed by atoms with Gasteiger partial charge in [0, 0.05) is 0 Å². The van der Waals surface area contributed by atoms with Gasteiger partial charge in [0.2, 0.25) is 0 Å². The highest BCUT2D eigenvalue weighted by Gasteiger charge is 2.52. The minimum Gasteiger partial charge on any atom is -0.447 e. The number of carbonyl (C=O) groups excluding carboxylic acids is 3. The Morgan fingerprint density at radius 3 is 2.32 bits per heavy atom. The van der Waals surface area contributed by atoms with Crippen LogP contribution >= 0.6 is 0 Å². The molecule has 11 heteroatoms. The number of benzene rings is 2. The summed E-state index contributed by atoms with van der Waals surface area (Å²) < 4.78 is 45.5. The van der Waals surface area contributed by atoms with Crippen LogP contribution in [0.3, 0.4) is 0 Å². The molecule has 2 aliphatic heterocycles. The van der Waals surface area contributed by atoms with Crippen molar-refractivity contribution in [3.63, 3.8) is 0 Å². The molecule has 1 unspecified atom stereocenters. The number of hydrogen-bond acceptors (Lipinski definition) is 6. The number of rotatable bonds is 4. The number of ether oxygens (including phenoxy) is 1. The topological polar surface area (TPSA) is 113 Å². The third-order valence-corrected chi connectivity index (χ3v) is 6.91. The van der Waals surface area contributed by atoms with Crippen LogP contribution in [-0.4, -0.2) is 54.8 Å². The van der Waals surface area contributed by atoms with Gasteiger partial charge in [0.25, 0.3) is 15.9 Å². The van der Waals surface area contributed by atoms with Gasteiger partial charge in [-0.2, -0.15) is 0 Å². The average Bonchev–Trinajstić information content (AvgIpc) is 3.32. The van der Waals surface area contributed by atoms with Crippen LogP contribution in [-0.2, 0) is 19.6 Å². The van der Waals surface area contributed by atoms with E-state index in [2.05, 4.69) is 5.32 Å². The van der Waals surface area contributed by atoms with Crippen molar-refractivity contribution in [3.8, 4) is 0 Å². The van der Waals surface area contributed by atoms with Crippen LogP contribution in [0.5, 0.6) is 0 Å². The molecule has 2 aromatic carbocycles. The molecule has 0 radical (unpaired) electrons. The van der Waals surface area contributed by atoms with Gasteiger partial charge < -0.3 is 10.1 Å². The molecule has 4 rings (SSSR count). The lowest BCUT2D eigenvalue weighted by molar-refractivity contribution is -0.130. The highest BCUT2D eigenvalue weighted by molar-refractivity contribution is 7.89. The second-order valence-corrected chi connectivity index (χ2v) is 8.96. The predicted octanol–water partition coefficient (Wildman–Crippen LogP) is 1.94. The summed E-state index contributed by atoms with van der Waals surface area (Å²) in [5.41, 5.74) is 1.03. The first-order valence-corrected chi connectivity index (χ1v) is 10.8. The van der Waals surface area contributed by atoms with Gasteiger partial charge in [-0.25, -0.2) is 31.6 Å². The van der Waals surface area contributed by atoms with Crippen LogP contribution < -0.4 is 5.32 Å². The summed E-state index contributed by atoms with van der Waals surface area (Å²) in [6.07, 6.45) is -0.878. The Morgan fingerprint density at radius 2 is 1.74 bits per heavy atom. The molecule has 2 atom stereocenters. The molecule has 2 aromatic rings. The summed E-state index contributed by atoms with van der Waals surface area (Å²) in [6, 6.07) is 6.89. The van der Waals surface area contributed by atoms with Crippen LogP contribution in [0.2, 0.25) is 0 Å². The Balaban J connectivity index is 1.80. The SMILES string of the molecule is Cc1ccc(S(=O)(=O)N2C(=O)NC(C(=O)N3CCOC3=O)[C@@H]2c2ccc(F)cc2)cc1. The van der Waals surface area contributed by atoms with Crippen molar-refractivity contribution < 1.29 is 31.9 Å². The third kappa shape index (κ3) is 3.61. The quantitative estimate of drug-likeness (QED) is 0.766. The van der Waals surface area contributed by atoms with Gasteiger partial charge in [-0.15, -0.1) is 0 Å². The van der Waals surface area contributed by atoms with E-state index >= 15 is 0 Å². The van der Waals surface area contributed by atoms with Crippen LogP contribution in [0.15, 0.2) is 53.4 Å². The van der Waals surface area contributed by atoms with Gasteiger partial charge in [0.15, 0.2) is 0 Å². The largest absolute Gasteiger partial charge is 0.447 e. The van der Waals surface area contributed by atoms with Gasteiger partial charge in [-0.05, 0) is 36.8 Å². The number of carbonyl (C=O) groups is 3. The highest BCUT2D eigenvalue weighted by Crippen LogP contribution is 2.36. The maximum Gasteiger partial charge on any atom is 0.416 e. The number of hydrogen-bond donors (Lipinski definition) is 1. The van der Waals surface area contributed by atoms with Crippen molar-refractivity contribution in [2.45, 2.75) is 23.9 Å². The molecule has 0 saturated carbocycles. The Labute approximate surface area is 177 Å². The van der Waals surface area contributed by atoms with Crippen molar-refractivity contribution in [3.05, 3.63) is 65.5 Å². The standard InChI is InChI=1S/C20H18FN3O6S/c1-12-2-8-15(9-3-12)31(28,29)24-17(13-4-6-14(21)7-5-13)16(22-19(24)26)18(25)23-10-11-30-20(23)27/h2-9,16-17H,10-11H2,1H3,(H,22,26)/t16?,17-/m0/s1. The van der Waals surface area contributed by atoms with E-state index in [9.17, 15) is 27.2 Å². The minimum absolute atomic E-state index is 0.00215. The van der Waals surface area contributed by atoms with E-state index in [4.69, 9.17) is 4.74 Å². The lowest BCUT2D eigenvalue weighted by atomic mass is 10.00. The van der Waals surface area contributed by atoms with Crippen LogP contribution in [0.4, 0.5) is 14.0 Å². The lowest BCUT2D eigenvalue weighted by Crippen LogP contribution is -2.47. The summed E-state index contributed by atoms with van der Waals surface area (Å²) in [4.78, 5) is 38.3. The zero-order valence-corrected chi connectivity index (χ0v) is 17.1. The first kappa shape index (κ1) is 20.8. The van der Waals surface area contributed by atoms with E-state index in [1.54, 1.807) is 19.1 Å². The Bertz CT molecular complexity index is 1150. The molecule has 4 amide bonds. The molecule has 2 saturated heterocycles. The molecule has 0 aliphatic carbocycles. The van der Waals surface area contributed by atoms with Crippen LogP contribution in [0.25, 0.3) is 0 Å². The normalized spacial score (nSPS) is 21.2. The van der Waals surface area contributed by atoms with Crippen molar-refractivity contribution >= 4 is 28.1 Å². The zero-order valence-electron chi connectivity index (χ0n) is 16.3. The number of urea groups is 1. The second-order valence-electron chi connectivity index (χ2n) is 7.14. The summed E-state index contributed by atoms with van der Waals surface area (Å²) >= 11 is 0. The third-order valence-electron chi connectivity index (χ3n) is 5.13. The van der Waals surface area contributed by atoms with E-state index in [0.717, 1.165) is 22.6 Å². The van der Waals surface area contributed by atoms with Crippen LogP contribution in [0, 0.1) is 12.7 Å². The fourth-order valence-corrected chi connectivity index (χ4v) is 5.09. The molecule has 0 bridgehead atoms. The first-order valence-electron chi connectivity index (χ1n) is 9.35. The second kappa shape index (κ2) is 7.65. The maximum absolute atomic E-state index is 13.5. The molecular weight excluding hydrogens is 429 g/mol. The van der Waals surface area contributed by atoms with Gasteiger partial charge in [-0.3, -0.25) is 4.79 Å². The van der Waals surface area contributed by atoms with Crippen molar-refractivity contribution in [1.29, 1.82) is 0 Å². The number of sulfonamides is 1. The van der Waals surface area contributed by atoms with E-state index < -0.39 is 46.0 Å². The number of nitrogens with one attached hydrogen (secondary N) is 1. The van der Waals surface area contributed by atoms with Crippen molar-refractivity contribution in [2.24, 2.45) is 0 Å². The number of cyclic esters (lactones) is 1. The van der Waals surface area contributed by atoms with Crippen LogP contribution in [0.1, 0.15) is 17.2 Å². The predicted molar refractivity (Wildman–Crippen MR) is 105 cm³/mol. The Hall–Kier alpha value is -3.47. The average molecular weight is 447 g/mol. The van der Waals surface area contributed by atoms with E-state index in [1.165, 1.54) is 24.3 Å². The smallest absolute Gasteiger partial charge is 0.416 e. The number of amides is 4. The highest BCUT2D eigenvalue weighted by atomic mass is 32.2. The van der Waals surface area contributed by atoms with E-state index in [0.29, 0.717) is 4.31 Å². The van der Waals surface area contributed by atoms with Gasteiger partial charge in [0.1, 0.15) is 24.5 Å². The maximum atomic E-state index is 13.5. The summed E-state index contributed by atoms with van der Waals surface area (Å²) in [6.45, 7) is 1.76. The Morgan fingerprint density at radius 1 is 1.10 bits per heavy atom. The fraction of sp³-hybridized carbons (Fsp3) is 0.250. The summed E-state index contributed by atoms with van der Waals surface area (Å²) in [5.74, 6) is -1.38. The van der Waals surface area contributed by atoms with E-state index in [-0.39, 0.29) is 23.6 Å². The molecule has 2 heterocycles.